The van der Waals surface area contributed by atoms with Crippen LogP contribution in [0.3, 0.4) is 0 Å². The van der Waals surface area contributed by atoms with Crippen LogP contribution in [0, 0.1) is 12.7 Å². The second-order valence-corrected chi connectivity index (χ2v) is 7.24. The Bertz CT molecular complexity index is 979. The van der Waals surface area contributed by atoms with Gasteiger partial charge in [-0.15, -0.1) is 10.2 Å². The summed E-state index contributed by atoms with van der Waals surface area (Å²) in [4.78, 5) is 14.4. The number of carbonyl (C=O) groups is 1. The predicted octanol–water partition coefficient (Wildman–Crippen LogP) is 4.80. The molecule has 0 saturated heterocycles. The summed E-state index contributed by atoms with van der Waals surface area (Å²) in [6, 6.07) is 13.9. The molecule has 0 fully saturated rings. The van der Waals surface area contributed by atoms with Crippen molar-refractivity contribution in [1.82, 2.24) is 10.2 Å². The average molecular weight is 415 g/mol. The lowest BCUT2D eigenvalue weighted by molar-refractivity contribution is -0.116. The molecule has 1 heterocycles. The van der Waals surface area contributed by atoms with E-state index >= 15 is 0 Å². The summed E-state index contributed by atoms with van der Waals surface area (Å²) in [5, 5.41) is 8.16. The highest BCUT2D eigenvalue weighted by molar-refractivity contribution is 7.99. The highest BCUT2D eigenvalue weighted by Crippen LogP contribution is 2.26. The number of amides is 1. The Labute approximate surface area is 173 Å². The van der Waals surface area contributed by atoms with Gasteiger partial charge in [0.15, 0.2) is 17.7 Å². The number of thioether (sulfide) groups is 1. The highest BCUT2D eigenvalue weighted by Gasteiger charge is 2.20. The van der Waals surface area contributed by atoms with Crippen LogP contribution in [0.5, 0.6) is 5.75 Å². The predicted molar refractivity (Wildman–Crippen MR) is 110 cm³/mol. The summed E-state index contributed by atoms with van der Waals surface area (Å²) in [5.41, 5.74) is 1.92. The Balaban J connectivity index is 1.60. The van der Waals surface area contributed by atoms with Gasteiger partial charge in [0.2, 0.25) is 5.91 Å². The number of aryl methyl sites for hydroxylation is 1. The Hall–Kier alpha value is -2.87. The number of rotatable bonds is 8. The lowest BCUT2D eigenvalue weighted by atomic mass is 10.2. The Morgan fingerprint density at radius 3 is 2.66 bits per heavy atom. The molecule has 0 aliphatic carbocycles. The van der Waals surface area contributed by atoms with Crippen LogP contribution in [-0.4, -0.2) is 28.4 Å². The standard InChI is InChI=1S/C21H22FN3O3S/c1-4-25(17-11-7-5-9-14(17)2)19(26)13-29-21-24-23-20(28-21)15(3)27-18-12-8-6-10-16(18)22/h5-12,15H,4,13H2,1-3H3/t15-/m1/s1. The van der Waals surface area contributed by atoms with E-state index in [0.717, 1.165) is 23.0 Å². The fourth-order valence-electron chi connectivity index (χ4n) is 2.77. The van der Waals surface area contributed by atoms with Gasteiger partial charge in [-0.05, 0) is 44.5 Å². The molecule has 0 aliphatic heterocycles. The van der Waals surface area contributed by atoms with Crippen LogP contribution >= 0.6 is 11.8 Å². The molecule has 29 heavy (non-hydrogen) atoms. The molecule has 0 spiro atoms. The van der Waals surface area contributed by atoms with Gasteiger partial charge in [-0.2, -0.15) is 0 Å². The number of halogens is 1. The van der Waals surface area contributed by atoms with E-state index in [1.165, 1.54) is 12.1 Å². The van der Waals surface area contributed by atoms with E-state index < -0.39 is 11.9 Å². The van der Waals surface area contributed by atoms with Gasteiger partial charge in [0.1, 0.15) is 0 Å². The normalized spacial score (nSPS) is 11.9. The monoisotopic (exact) mass is 415 g/mol. The van der Waals surface area contributed by atoms with E-state index in [0.29, 0.717) is 6.54 Å². The van der Waals surface area contributed by atoms with Gasteiger partial charge < -0.3 is 14.1 Å². The summed E-state index contributed by atoms with van der Waals surface area (Å²) in [7, 11) is 0. The van der Waals surface area contributed by atoms with E-state index in [9.17, 15) is 9.18 Å². The van der Waals surface area contributed by atoms with E-state index in [1.54, 1.807) is 24.0 Å². The molecule has 0 aliphatic rings. The van der Waals surface area contributed by atoms with Crippen molar-refractivity contribution >= 4 is 23.4 Å². The fraction of sp³-hybridized carbons (Fsp3) is 0.286. The zero-order valence-electron chi connectivity index (χ0n) is 16.5. The first-order chi connectivity index (χ1) is 14.0. The van der Waals surface area contributed by atoms with Crippen molar-refractivity contribution in [2.45, 2.75) is 32.1 Å². The molecule has 8 heteroatoms. The molecule has 3 aromatic rings. The summed E-state index contributed by atoms with van der Waals surface area (Å²) < 4.78 is 24.8. The van der Waals surface area contributed by atoms with Crippen molar-refractivity contribution in [1.29, 1.82) is 0 Å². The van der Waals surface area contributed by atoms with Crippen LogP contribution in [0.1, 0.15) is 31.4 Å². The molecule has 152 valence electrons. The zero-order chi connectivity index (χ0) is 20.8. The number of hydrogen-bond acceptors (Lipinski definition) is 6. The highest BCUT2D eigenvalue weighted by atomic mass is 32.2. The summed E-state index contributed by atoms with van der Waals surface area (Å²) in [5.74, 6) is -0.0298. The minimum atomic E-state index is -0.622. The van der Waals surface area contributed by atoms with Gasteiger partial charge in [0.25, 0.3) is 11.1 Å². The molecule has 2 aromatic carbocycles. The SMILES string of the molecule is CCN(C(=O)CSc1nnc([C@@H](C)Oc2ccccc2F)o1)c1ccccc1C. The third kappa shape index (κ3) is 5.14. The van der Waals surface area contributed by atoms with Crippen molar-refractivity contribution < 1.29 is 18.3 Å². The Kier molecular flexibility index (Phi) is 6.87. The van der Waals surface area contributed by atoms with E-state index in [-0.39, 0.29) is 28.5 Å². The van der Waals surface area contributed by atoms with Gasteiger partial charge >= 0.3 is 0 Å². The van der Waals surface area contributed by atoms with Crippen LogP contribution < -0.4 is 9.64 Å². The molecular weight excluding hydrogens is 393 g/mol. The molecule has 0 N–H and O–H groups in total. The number of para-hydroxylation sites is 2. The van der Waals surface area contributed by atoms with E-state index in [1.807, 2.05) is 38.1 Å². The van der Waals surface area contributed by atoms with Crippen molar-refractivity contribution in [2.75, 3.05) is 17.2 Å². The zero-order valence-corrected chi connectivity index (χ0v) is 17.3. The van der Waals surface area contributed by atoms with E-state index in [4.69, 9.17) is 9.15 Å². The maximum Gasteiger partial charge on any atom is 0.277 e. The first kappa shape index (κ1) is 20.9. The number of aromatic nitrogens is 2. The minimum Gasteiger partial charge on any atom is -0.478 e. The minimum absolute atomic E-state index is 0.0535. The second kappa shape index (κ2) is 9.56. The van der Waals surface area contributed by atoms with Gasteiger partial charge in [-0.25, -0.2) is 4.39 Å². The number of carbonyl (C=O) groups excluding carboxylic acids is 1. The Morgan fingerprint density at radius 1 is 1.21 bits per heavy atom. The van der Waals surface area contributed by atoms with E-state index in [2.05, 4.69) is 10.2 Å². The third-order valence-electron chi connectivity index (χ3n) is 4.25. The quantitative estimate of drug-likeness (QED) is 0.492. The van der Waals surface area contributed by atoms with Crippen LogP contribution in [-0.2, 0) is 4.79 Å². The molecule has 0 radical (unpaired) electrons. The molecule has 6 nitrogen and oxygen atoms in total. The fourth-order valence-corrected chi connectivity index (χ4v) is 3.42. The molecule has 0 saturated carbocycles. The molecule has 0 unspecified atom stereocenters. The summed E-state index contributed by atoms with van der Waals surface area (Å²) in [6.45, 7) is 6.16. The average Bonchev–Trinajstić information content (AvgIpc) is 3.19. The lowest BCUT2D eigenvalue weighted by Crippen LogP contribution is -2.32. The van der Waals surface area contributed by atoms with Crippen molar-refractivity contribution in [3.8, 4) is 5.75 Å². The summed E-state index contributed by atoms with van der Waals surface area (Å²) >= 11 is 1.16. The topological polar surface area (TPSA) is 68.5 Å². The molecule has 3 rings (SSSR count). The molecule has 1 atom stereocenters. The van der Waals surface area contributed by atoms with Gasteiger partial charge in [-0.1, -0.05) is 42.1 Å². The molecule has 1 aromatic heterocycles. The maximum atomic E-state index is 13.7. The van der Waals surface area contributed by atoms with Crippen molar-refractivity contribution in [2.24, 2.45) is 0 Å². The number of hydrogen-bond donors (Lipinski definition) is 0. The second-order valence-electron chi connectivity index (χ2n) is 6.31. The van der Waals surface area contributed by atoms with Gasteiger partial charge in [-0.3, -0.25) is 4.79 Å². The first-order valence-corrected chi connectivity index (χ1v) is 10.2. The number of nitrogens with zero attached hydrogens (tertiary/aromatic N) is 3. The first-order valence-electron chi connectivity index (χ1n) is 9.23. The van der Waals surface area contributed by atoms with Crippen LogP contribution in [0.25, 0.3) is 0 Å². The molecule has 1 amide bonds. The third-order valence-corrected chi connectivity index (χ3v) is 5.06. The smallest absolute Gasteiger partial charge is 0.277 e. The Morgan fingerprint density at radius 2 is 1.93 bits per heavy atom. The van der Waals surface area contributed by atoms with Crippen LogP contribution in [0.2, 0.25) is 0 Å². The number of anilines is 1. The van der Waals surface area contributed by atoms with Gasteiger partial charge in [0.05, 0.1) is 5.75 Å². The largest absolute Gasteiger partial charge is 0.478 e. The van der Waals surface area contributed by atoms with Crippen molar-refractivity contribution in [3.05, 3.63) is 65.8 Å². The van der Waals surface area contributed by atoms with Crippen LogP contribution in [0.4, 0.5) is 10.1 Å². The van der Waals surface area contributed by atoms with Gasteiger partial charge in [0, 0.05) is 12.2 Å². The molecular formula is C21H22FN3O3S. The van der Waals surface area contributed by atoms with Crippen LogP contribution in [0.15, 0.2) is 58.2 Å². The maximum absolute atomic E-state index is 13.7. The summed E-state index contributed by atoms with van der Waals surface area (Å²) in [6.07, 6.45) is -0.622. The van der Waals surface area contributed by atoms with Crippen molar-refractivity contribution in [3.63, 3.8) is 0 Å². The number of benzene rings is 2. The lowest BCUT2D eigenvalue weighted by Gasteiger charge is -2.22. The number of ether oxygens (including phenoxy) is 1. The molecule has 0 bridgehead atoms.